The van der Waals surface area contributed by atoms with Crippen molar-refractivity contribution in [3.05, 3.63) is 24.0 Å². The molecule has 18 heavy (non-hydrogen) atoms. The zero-order valence-corrected chi connectivity index (χ0v) is 11.0. The van der Waals surface area contributed by atoms with Crippen LogP contribution in [0, 0.1) is 0 Å². The van der Waals surface area contributed by atoms with Gasteiger partial charge >= 0.3 is 5.97 Å². The van der Waals surface area contributed by atoms with Crippen LogP contribution in [-0.4, -0.2) is 34.3 Å². The molecule has 0 aliphatic carbocycles. The number of nitrogens with zero attached hydrogens (tertiary/aromatic N) is 1. The zero-order valence-electron chi connectivity index (χ0n) is 10.2. The molecule has 1 rings (SSSR count). The first-order chi connectivity index (χ1) is 8.63. The number of carbonyl (C=O) groups is 2. The standard InChI is InChI=1S/C12H16N2O3S/c1-2-3-5-14-11(15)8-18-9-4-6-13-10(7-9)12(16)17/h4,6-7H,2-3,5,8H2,1H3,(H,14,15)(H,16,17). The van der Waals surface area contributed by atoms with E-state index < -0.39 is 5.97 Å². The number of carboxylic acids is 1. The molecule has 0 aliphatic rings. The van der Waals surface area contributed by atoms with Crippen LogP contribution in [0.3, 0.4) is 0 Å². The van der Waals surface area contributed by atoms with Crippen LogP contribution in [0.15, 0.2) is 23.2 Å². The molecule has 0 spiro atoms. The molecule has 0 atom stereocenters. The van der Waals surface area contributed by atoms with Crippen LogP contribution in [-0.2, 0) is 4.79 Å². The molecule has 0 radical (unpaired) electrons. The number of aromatic nitrogens is 1. The van der Waals surface area contributed by atoms with Crippen LogP contribution >= 0.6 is 11.8 Å². The van der Waals surface area contributed by atoms with Gasteiger partial charge in [0.05, 0.1) is 5.75 Å². The lowest BCUT2D eigenvalue weighted by Gasteiger charge is -2.04. The molecule has 1 aromatic heterocycles. The van der Waals surface area contributed by atoms with Gasteiger partial charge in [0.2, 0.25) is 5.91 Å². The maximum absolute atomic E-state index is 11.4. The Morgan fingerprint density at radius 1 is 1.50 bits per heavy atom. The first-order valence-corrected chi connectivity index (χ1v) is 6.71. The van der Waals surface area contributed by atoms with Crippen molar-refractivity contribution in [3.63, 3.8) is 0 Å². The van der Waals surface area contributed by atoms with E-state index in [0.29, 0.717) is 6.54 Å². The van der Waals surface area contributed by atoms with E-state index in [1.54, 1.807) is 6.07 Å². The van der Waals surface area contributed by atoms with E-state index in [9.17, 15) is 9.59 Å². The summed E-state index contributed by atoms with van der Waals surface area (Å²) in [6.45, 7) is 2.75. The number of hydrogen-bond acceptors (Lipinski definition) is 4. The zero-order chi connectivity index (χ0) is 13.4. The van der Waals surface area contributed by atoms with E-state index in [2.05, 4.69) is 17.2 Å². The molecule has 5 nitrogen and oxygen atoms in total. The van der Waals surface area contributed by atoms with Crippen molar-refractivity contribution < 1.29 is 14.7 Å². The van der Waals surface area contributed by atoms with E-state index in [1.165, 1.54) is 24.0 Å². The maximum atomic E-state index is 11.4. The minimum Gasteiger partial charge on any atom is -0.477 e. The van der Waals surface area contributed by atoms with Crippen molar-refractivity contribution in [2.75, 3.05) is 12.3 Å². The second-order valence-corrected chi connectivity index (χ2v) is 4.72. The van der Waals surface area contributed by atoms with Gasteiger partial charge in [0.1, 0.15) is 5.69 Å². The second-order valence-electron chi connectivity index (χ2n) is 3.67. The van der Waals surface area contributed by atoms with Gasteiger partial charge in [-0.25, -0.2) is 9.78 Å². The highest BCUT2D eigenvalue weighted by molar-refractivity contribution is 8.00. The number of carboxylic acid groups (broad SMARTS) is 1. The smallest absolute Gasteiger partial charge is 0.354 e. The highest BCUT2D eigenvalue weighted by Crippen LogP contribution is 2.17. The fourth-order valence-corrected chi connectivity index (χ4v) is 1.97. The third-order valence-electron chi connectivity index (χ3n) is 2.17. The molecule has 98 valence electrons. The summed E-state index contributed by atoms with van der Waals surface area (Å²) >= 11 is 1.30. The number of pyridine rings is 1. The number of rotatable bonds is 7. The van der Waals surface area contributed by atoms with Gasteiger partial charge in [-0.15, -0.1) is 11.8 Å². The van der Waals surface area contributed by atoms with Crippen LogP contribution in [0.1, 0.15) is 30.3 Å². The Morgan fingerprint density at radius 3 is 2.94 bits per heavy atom. The average molecular weight is 268 g/mol. The summed E-state index contributed by atoms with van der Waals surface area (Å²) in [5.74, 6) is -0.820. The van der Waals surface area contributed by atoms with Gasteiger partial charge in [-0.1, -0.05) is 13.3 Å². The summed E-state index contributed by atoms with van der Waals surface area (Å²) in [5, 5.41) is 11.6. The van der Waals surface area contributed by atoms with Crippen LogP contribution < -0.4 is 5.32 Å². The first-order valence-electron chi connectivity index (χ1n) is 5.72. The van der Waals surface area contributed by atoms with Crippen LogP contribution in [0.5, 0.6) is 0 Å². The molecule has 0 aliphatic heterocycles. The van der Waals surface area contributed by atoms with Crippen LogP contribution in [0.2, 0.25) is 0 Å². The van der Waals surface area contributed by atoms with E-state index in [4.69, 9.17) is 5.11 Å². The highest BCUT2D eigenvalue weighted by atomic mass is 32.2. The van der Waals surface area contributed by atoms with Gasteiger partial charge in [0.15, 0.2) is 0 Å². The van der Waals surface area contributed by atoms with E-state index in [1.807, 2.05) is 0 Å². The Hall–Kier alpha value is -1.56. The van der Waals surface area contributed by atoms with Gasteiger partial charge in [-0.2, -0.15) is 0 Å². The number of aromatic carboxylic acids is 1. The Balaban J connectivity index is 2.41. The number of amides is 1. The van der Waals surface area contributed by atoms with Crippen LogP contribution in [0.4, 0.5) is 0 Å². The molecule has 2 N–H and O–H groups in total. The summed E-state index contributed by atoms with van der Waals surface area (Å²) in [7, 11) is 0. The van der Waals surface area contributed by atoms with Crippen molar-refractivity contribution >= 4 is 23.6 Å². The molecule has 0 aromatic carbocycles. The van der Waals surface area contributed by atoms with Crippen molar-refractivity contribution in [2.45, 2.75) is 24.7 Å². The number of thioether (sulfide) groups is 1. The lowest BCUT2D eigenvalue weighted by atomic mass is 10.3. The minimum atomic E-state index is -1.06. The third-order valence-corrected chi connectivity index (χ3v) is 3.17. The average Bonchev–Trinajstić information content (AvgIpc) is 2.37. The molecular formula is C12H16N2O3S. The predicted molar refractivity (Wildman–Crippen MR) is 69.8 cm³/mol. The van der Waals surface area contributed by atoms with Crippen molar-refractivity contribution in [1.82, 2.24) is 10.3 Å². The molecule has 0 saturated heterocycles. The summed E-state index contributed by atoms with van der Waals surface area (Å²) in [5.41, 5.74) is -0.00797. The largest absolute Gasteiger partial charge is 0.477 e. The molecule has 1 amide bonds. The summed E-state index contributed by atoms with van der Waals surface area (Å²) in [6.07, 6.45) is 3.44. The van der Waals surface area contributed by atoms with Crippen molar-refractivity contribution in [3.8, 4) is 0 Å². The minimum absolute atomic E-state index is 0.00797. The maximum Gasteiger partial charge on any atom is 0.354 e. The molecule has 0 saturated carbocycles. The first kappa shape index (κ1) is 14.5. The highest BCUT2D eigenvalue weighted by Gasteiger charge is 2.07. The molecule has 1 heterocycles. The number of nitrogens with one attached hydrogen (secondary N) is 1. The van der Waals surface area contributed by atoms with E-state index in [0.717, 1.165) is 17.7 Å². The van der Waals surface area contributed by atoms with Gasteiger partial charge in [-0.05, 0) is 18.6 Å². The lowest BCUT2D eigenvalue weighted by Crippen LogP contribution is -2.25. The summed E-state index contributed by atoms with van der Waals surface area (Å²) < 4.78 is 0. The van der Waals surface area contributed by atoms with Crippen LogP contribution in [0.25, 0.3) is 0 Å². The summed E-state index contributed by atoms with van der Waals surface area (Å²) in [6, 6.07) is 3.16. The normalized spacial score (nSPS) is 10.1. The topological polar surface area (TPSA) is 79.3 Å². The van der Waals surface area contributed by atoms with E-state index >= 15 is 0 Å². The van der Waals surface area contributed by atoms with E-state index in [-0.39, 0.29) is 17.4 Å². The Kier molecular flexibility index (Phi) is 6.21. The van der Waals surface area contributed by atoms with Crippen molar-refractivity contribution in [1.29, 1.82) is 0 Å². The molecule has 0 bridgehead atoms. The van der Waals surface area contributed by atoms with Crippen molar-refractivity contribution in [2.24, 2.45) is 0 Å². The number of unbranched alkanes of at least 4 members (excludes halogenated alkanes) is 1. The number of carbonyl (C=O) groups excluding carboxylic acids is 1. The Labute approximate surface area is 110 Å². The SMILES string of the molecule is CCCCNC(=O)CSc1ccnc(C(=O)O)c1. The van der Waals surface area contributed by atoms with Gasteiger partial charge < -0.3 is 10.4 Å². The Morgan fingerprint density at radius 2 is 2.28 bits per heavy atom. The second kappa shape index (κ2) is 7.71. The van der Waals surface area contributed by atoms with Gasteiger partial charge in [-0.3, -0.25) is 4.79 Å². The molecule has 1 aromatic rings. The molecule has 0 fully saturated rings. The summed E-state index contributed by atoms with van der Waals surface area (Å²) in [4.78, 5) is 26.6. The lowest BCUT2D eigenvalue weighted by molar-refractivity contribution is -0.118. The quantitative estimate of drug-likeness (QED) is 0.582. The number of hydrogen-bond donors (Lipinski definition) is 2. The Bertz CT molecular complexity index is 424. The molecular weight excluding hydrogens is 252 g/mol. The molecule has 0 unspecified atom stereocenters. The molecule has 6 heteroatoms. The van der Waals surface area contributed by atoms with Gasteiger partial charge in [0, 0.05) is 17.6 Å². The predicted octanol–water partition coefficient (Wildman–Crippen LogP) is 1.79. The third kappa shape index (κ3) is 5.18. The fourth-order valence-electron chi connectivity index (χ4n) is 1.22. The fraction of sp³-hybridized carbons (Fsp3) is 0.417. The van der Waals surface area contributed by atoms with Gasteiger partial charge in [0.25, 0.3) is 0 Å². The monoisotopic (exact) mass is 268 g/mol.